The van der Waals surface area contributed by atoms with Crippen LogP contribution in [0.2, 0.25) is 0 Å². The molecule has 1 unspecified atom stereocenters. The van der Waals surface area contributed by atoms with E-state index in [-0.39, 0.29) is 18.3 Å². The van der Waals surface area contributed by atoms with Crippen molar-refractivity contribution in [3.8, 4) is 0 Å². The van der Waals surface area contributed by atoms with Crippen LogP contribution in [0.25, 0.3) is 0 Å². The maximum Gasteiger partial charge on any atom is 0.253 e. The predicted octanol–water partition coefficient (Wildman–Crippen LogP) is 1.52. The van der Waals surface area contributed by atoms with Crippen LogP contribution >= 0.6 is 12.4 Å². The molecule has 5 nitrogen and oxygen atoms in total. The van der Waals surface area contributed by atoms with Crippen molar-refractivity contribution in [3.63, 3.8) is 0 Å². The first-order chi connectivity index (χ1) is 7.17. The largest absolute Gasteiger partial charge is 0.373 e. The van der Waals surface area contributed by atoms with Crippen LogP contribution in [0.4, 0.5) is 11.5 Å². The number of methoxy groups -OCH3 is 1. The number of hydrogen-bond donors (Lipinski definition) is 2. The van der Waals surface area contributed by atoms with Crippen molar-refractivity contribution in [2.75, 3.05) is 24.8 Å². The molecule has 0 bridgehead atoms. The van der Waals surface area contributed by atoms with Gasteiger partial charge in [-0.1, -0.05) is 0 Å². The molecular weight excluding hydrogens is 230 g/mol. The molecule has 6 heteroatoms. The number of pyridine rings is 1. The molecule has 2 N–H and O–H groups in total. The van der Waals surface area contributed by atoms with Gasteiger partial charge in [-0.2, -0.15) is 0 Å². The van der Waals surface area contributed by atoms with E-state index in [0.29, 0.717) is 5.69 Å². The van der Waals surface area contributed by atoms with Crippen LogP contribution < -0.4 is 10.6 Å². The molecule has 0 aromatic carbocycles. The quantitative estimate of drug-likeness (QED) is 0.844. The SMILES string of the molecule is CNc1ccc(NC(=O)C(C)OC)cn1.Cl. The Balaban J connectivity index is 0.00000225. The van der Waals surface area contributed by atoms with Crippen LogP contribution in [-0.4, -0.2) is 31.2 Å². The average Bonchev–Trinajstić information content (AvgIpc) is 2.29. The Bertz CT molecular complexity index is 329. The Morgan fingerprint density at radius 1 is 1.50 bits per heavy atom. The number of hydrogen-bond acceptors (Lipinski definition) is 4. The van der Waals surface area contributed by atoms with E-state index in [0.717, 1.165) is 5.82 Å². The van der Waals surface area contributed by atoms with E-state index in [2.05, 4.69) is 15.6 Å². The Kier molecular flexibility index (Phi) is 6.44. The van der Waals surface area contributed by atoms with Gasteiger partial charge < -0.3 is 15.4 Å². The molecule has 0 aliphatic rings. The number of carbonyl (C=O) groups excluding carboxylic acids is 1. The molecule has 1 heterocycles. The summed E-state index contributed by atoms with van der Waals surface area (Å²) in [6, 6.07) is 3.56. The van der Waals surface area contributed by atoms with E-state index in [9.17, 15) is 4.79 Å². The minimum absolute atomic E-state index is 0. The van der Waals surface area contributed by atoms with Crippen LogP contribution in [0.15, 0.2) is 18.3 Å². The minimum Gasteiger partial charge on any atom is -0.373 e. The van der Waals surface area contributed by atoms with Gasteiger partial charge in [0.15, 0.2) is 0 Å². The van der Waals surface area contributed by atoms with Gasteiger partial charge in [0.1, 0.15) is 11.9 Å². The highest BCUT2D eigenvalue weighted by molar-refractivity contribution is 5.93. The lowest BCUT2D eigenvalue weighted by Crippen LogP contribution is -2.26. The highest BCUT2D eigenvalue weighted by Gasteiger charge is 2.11. The van der Waals surface area contributed by atoms with Crippen molar-refractivity contribution >= 4 is 29.8 Å². The number of nitrogens with zero attached hydrogens (tertiary/aromatic N) is 1. The molecule has 1 aromatic heterocycles. The predicted molar refractivity (Wildman–Crippen MR) is 66.1 cm³/mol. The van der Waals surface area contributed by atoms with E-state index < -0.39 is 6.10 Å². The second-order valence-electron chi connectivity index (χ2n) is 3.05. The first-order valence-corrected chi connectivity index (χ1v) is 4.65. The molecular formula is C10H16ClN3O2. The van der Waals surface area contributed by atoms with E-state index in [1.807, 2.05) is 0 Å². The fourth-order valence-corrected chi connectivity index (χ4v) is 0.967. The first kappa shape index (κ1) is 14.7. The fourth-order valence-electron chi connectivity index (χ4n) is 0.967. The molecule has 0 aliphatic carbocycles. The van der Waals surface area contributed by atoms with Crippen molar-refractivity contribution in [1.82, 2.24) is 4.98 Å². The van der Waals surface area contributed by atoms with E-state index in [4.69, 9.17) is 4.74 Å². The third-order valence-electron chi connectivity index (χ3n) is 2.01. The molecule has 1 atom stereocenters. The van der Waals surface area contributed by atoms with Crippen LogP contribution in [-0.2, 0) is 9.53 Å². The highest BCUT2D eigenvalue weighted by Crippen LogP contribution is 2.09. The van der Waals surface area contributed by atoms with Gasteiger partial charge in [0, 0.05) is 14.2 Å². The zero-order chi connectivity index (χ0) is 11.3. The molecule has 0 saturated carbocycles. The number of amides is 1. The number of carbonyl (C=O) groups is 1. The second kappa shape index (κ2) is 7.03. The lowest BCUT2D eigenvalue weighted by molar-refractivity contribution is -0.124. The molecule has 0 aliphatic heterocycles. The fraction of sp³-hybridized carbons (Fsp3) is 0.400. The van der Waals surface area contributed by atoms with Crippen LogP contribution in [0.1, 0.15) is 6.92 Å². The topological polar surface area (TPSA) is 63.2 Å². The maximum absolute atomic E-state index is 11.4. The van der Waals surface area contributed by atoms with Crippen molar-refractivity contribution < 1.29 is 9.53 Å². The first-order valence-electron chi connectivity index (χ1n) is 4.65. The Morgan fingerprint density at radius 2 is 2.19 bits per heavy atom. The van der Waals surface area contributed by atoms with Crippen LogP contribution in [0.5, 0.6) is 0 Å². The van der Waals surface area contributed by atoms with Crippen molar-refractivity contribution in [3.05, 3.63) is 18.3 Å². The van der Waals surface area contributed by atoms with E-state index in [1.165, 1.54) is 7.11 Å². The lowest BCUT2D eigenvalue weighted by atomic mass is 10.3. The molecule has 0 spiro atoms. The molecule has 0 saturated heterocycles. The highest BCUT2D eigenvalue weighted by atomic mass is 35.5. The number of ether oxygens (including phenoxy) is 1. The summed E-state index contributed by atoms with van der Waals surface area (Å²) in [5.74, 6) is 0.573. The number of aromatic nitrogens is 1. The Hall–Kier alpha value is -1.33. The zero-order valence-electron chi connectivity index (χ0n) is 9.48. The summed E-state index contributed by atoms with van der Waals surface area (Å²) in [4.78, 5) is 15.5. The molecule has 1 rings (SSSR count). The summed E-state index contributed by atoms with van der Waals surface area (Å²) in [7, 11) is 3.28. The summed E-state index contributed by atoms with van der Waals surface area (Å²) >= 11 is 0. The van der Waals surface area contributed by atoms with Crippen molar-refractivity contribution in [2.45, 2.75) is 13.0 Å². The van der Waals surface area contributed by atoms with Gasteiger partial charge in [-0.05, 0) is 19.1 Å². The number of halogens is 1. The molecule has 16 heavy (non-hydrogen) atoms. The minimum atomic E-state index is -0.464. The normalized spacial score (nSPS) is 11.2. The second-order valence-corrected chi connectivity index (χ2v) is 3.05. The summed E-state index contributed by atoms with van der Waals surface area (Å²) in [5.41, 5.74) is 0.655. The summed E-state index contributed by atoms with van der Waals surface area (Å²) < 4.78 is 4.88. The smallest absolute Gasteiger partial charge is 0.253 e. The lowest BCUT2D eigenvalue weighted by Gasteiger charge is -2.10. The molecule has 90 valence electrons. The third-order valence-corrected chi connectivity index (χ3v) is 2.01. The zero-order valence-corrected chi connectivity index (χ0v) is 10.3. The van der Waals surface area contributed by atoms with Gasteiger partial charge in [0.2, 0.25) is 0 Å². The molecule has 1 amide bonds. The molecule has 0 fully saturated rings. The van der Waals surface area contributed by atoms with Crippen molar-refractivity contribution in [2.24, 2.45) is 0 Å². The molecule has 1 aromatic rings. The third kappa shape index (κ3) is 4.04. The Morgan fingerprint density at radius 3 is 2.62 bits per heavy atom. The van der Waals surface area contributed by atoms with E-state index >= 15 is 0 Å². The monoisotopic (exact) mass is 245 g/mol. The summed E-state index contributed by atoms with van der Waals surface area (Å²) in [5, 5.41) is 5.58. The summed E-state index contributed by atoms with van der Waals surface area (Å²) in [6.07, 6.45) is 1.13. The Labute approximate surface area is 101 Å². The van der Waals surface area contributed by atoms with Gasteiger partial charge >= 0.3 is 0 Å². The van der Waals surface area contributed by atoms with Gasteiger partial charge in [0.25, 0.3) is 5.91 Å². The average molecular weight is 246 g/mol. The van der Waals surface area contributed by atoms with Gasteiger partial charge in [-0.25, -0.2) is 4.98 Å². The van der Waals surface area contributed by atoms with Crippen molar-refractivity contribution in [1.29, 1.82) is 0 Å². The van der Waals surface area contributed by atoms with Crippen LogP contribution in [0.3, 0.4) is 0 Å². The number of nitrogens with one attached hydrogen (secondary N) is 2. The van der Waals surface area contributed by atoms with Gasteiger partial charge in [0.05, 0.1) is 11.9 Å². The maximum atomic E-state index is 11.4. The summed E-state index contributed by atoms with van der Waals surface area (Å²) in [6.45, 7) is 1.69. The molecule has 0 radical (unpaired) electrons. The van der Waals surface area contributed by atoms with Gasteiger partial charge in [-0.15, -0.1) is 12.4 Å². The number of anilines is 2. The number of rotatable bonds is 4. The van der Waals surface area contributed by atoms with Crippen LogP contribution in [0, 0.1) is 0 Å². The van der Waals surface area contributed by atoms with Gasteiger partial charge in [-0.3, -0.25) is 4.79 Å². The van der Waals surface area contributed by atoms with E-state index in [1.54, 1.807) is 32.3 Å². The standard InChI is InChI=1S/C10H15N3O2.ClH/c1-7(15-3)10(14)13-8-4-5-9(11-2)12-6-8;/h4-7H,1-3H3,(H,11,12)(H,13,14);1H.